The van der Waals surface area contributed by atoms with Crippen molar-refractivity contribution in [2.24, 2.45) is 5.92 Å². The number of carbonyl (C=O) groups excluding carboxylic acids is 3. The molecule has 1 saturated carbocycles. The number of hydrogen-bond donors (Lipinski definition) is 2. The van der Waals surface area contributed by atoms with E-state index in [1.165, 1.54) is 19.3 Å². The van der Waals surface area contributed by atoms with E-state index in [4.69, 9.17) is 14.2 Å². The van der Waals surface area contributed by atoms with Crippen molar-refractivity contribution in [1.82, 2.24) is 20.4 Å². The molecule has 2 N–H and O–H groups in total. The van der Waals surface area contributed by atoms with Crippen LogP contribution in [-0.4, -0.2) is 104 Å². The van der Waals surface area contributed by atoms with Crippen molar-refractivity contribution in [3.05, 3.63) is 29.8 Å². The Morgan fingerprint density at radius 2 is 1.71 bits per heavy atom. The first-order valence-electron chi connectivity index (χ1n) is 16.1. The van der Waals surface area contributed by atoms with E-state index in [1.807, 2.05) is 18.2 Å². The maximum atomic E-state index is 14.0. The molecule has 4 fully saturated rings. The van der Waals surface area contributed by atoms with Crippen molar-refractivity contribution in [3.8, 4) is 5.75 Å². The summed E-state index contributed by atoms with van der Waals surface area (Å²) in [4.78, 5) is 45.1. The highest BCUT2D eigenvalue weighted by Crippen LogP contribution is 2.29. The Hall–Kier alpha value is -2.69. The maximum Gasteiger partial charge on any atom is 0.258 e. The highest BCUT2D eigenvalue weighted by Gasteiger charge is 2.40. The minimum atomic E-state index is -0.612. The normalized spacial score (nSPS) is 30.7. The maximum absolute atomic E-state index is 14.0. The van der Waals surface area contributed by atoms with Crippen LogP contribution in [0.4, 0.5) is 0 Å². The zero-order valence-corrected chi connectivity index (χ0v) is 24.6. The van der Waals surface area contributed by atoms with E-state index >= 15 is 0 Å². The van der Waals surface area contributed by atoms with Gasteiger partial charge in [0.1, 0.15) is 11.8 Å². The zero-order valence-electron chi connectivity index (χ0n) is 24.6. The van der Waals surface area contributed by atoms with E-state index in [9.17, 15) is 14.4 Å². The molecule has 4 heterocycles. The number of ether oxygens (including phenoxy) is 3. The summed E-state index contributed by atoms with van der Waals surface area (Å²) in [6, 6.07) is 7.01. The predicted octanol–water partition coefficient (Wildman–Crippen LogP) is 2.50. The fraction of sp³-hybridized carbons (Fsp3) is 0.719. The number of rotatable bonds is 3. The van der Waals surface area contributed by atoms with Crippen LogP contribution in [0.1, 0.15) is 74.6 Å². The summed E-state index contributed by atoms with van der Waals surface area (Å²) >= 11 is 0. The molecule has 6 rings (SSSR count). The summed E-state index contributed by atoms with van der Waals surface area (Å²) < 4.78 is 18.1. The lowest BCUT2D eigenvalue weighted by Crippen LogP contribution is -2.63. The first-order chi connectivity index (χ1) is 20.6. The third-order valence-corrected chi connectivity index (χ3v) is 9.89. The molecule has 2 bridgehead atoms. The monoisotopic (exact) mass is 582 g/mol. The topological polar surface area (TPSA) is 109 Å². The molecule has 10 heteroatoms. The number of carbonyl (C=O) groups is 3. The van der Waals surface area contributed by atoms with Gasteiger partial charge in [-0.15, -0.1) is 0 Å². The van der Waals surface area contributed by atoms with Crippen LogP contribution >= 0.6 is 0 Å². The Morgan fingerprint density at radius 3 is 2.55 bits per heavy atom. The zero-order chi connectivity index (χ0) is 28.9. The summed E-state index contributed by atoms with van der Waals surface area (Å²) in [7, 11) is 0. The van der Waals surface area contributed by atoms with Crippen molar-refractivity contribution in [2.45, 2.75) is 94.5 Å². The molecule has 1 aliphatic carbocycles. The summed E-state index contributed by atoms with van der Waals surface area (Å²) in [5, 5.41) is 6.40. The number of benzene rings is 1. The van der Waals surface area contributed by atoms with Crippen molar-refractivity contribution >= 4 is 17.7 Å². The second-order valence-corrected chi connectivity index (χ2v) is 12.6. The largest absolute Gasteiger partial charge is 0.493 e. The molecule has 0 unspecified atom stereocenters. The average Bonchev–Trinajstić information content (AvgIpc) is 3.04. The van der Waals surface area contributed by atoms with Crippen molar-refractivity contribution in [2.75, 3.05) is 46.0 Å². The molecule has 0 spiro atoms. The quantitative estimate of drug-likeness (QED) is 0.564. The van der Waals surface area contributed by atoms with Gasteiger partial charge in [0, 0.05) is 57.8 Å². The van der Waals surface area contributed by atoms with Crippen molar-refractivity contribution < 1.29 is 28.6 Å². The first-order valence-corrected chi connectivity index (χ1v) is 16.1. The molecule has 3 amide bonds. The van der Waals surface area contributed by atoms with Gasteiger partial charge in [-0.2, -0.15) is 0 Å². The first kappa shape index (κ1) is 29.4. The van der Waals surface area contributed by atoms with Gasteiger partial charge in [-0.05, 0) is 50.7 Å². The Morgan fingerprint density at radius 1 is 0.905 bits per heavy atom. The fourth-order valence-corrected chi connectivity index (χ4v) is 7.38. The second-order valence-electron chi connectivity index (χ2n) is 12.6. The minimum Gasteiger partial charge on any atom is -0.493 e. The lowest BCUT2D eigenvalue weighted by atomic mass is 9.92. The molecule has 4 atom stereocenters. The van der Waals surface area contributed by atoms with Crippen LogP contribution in [0.2, 0.25) is 0 Å². The van der Waals surface area contributed by atoms with E-state index < -0.39 is 6.04 Å². The average molecular weight is 583 g/mol. The Labute approximate surface area is 248 Å². The highest BCUT2D eigenvalue weighted by atomic mass is 16.5. The number of fused-ring (bicyclic) bond motifs is 4. The van der Waals surface area contributed by atoms with Crippen LogP contribution in [0.25, 0.3) is 0 Å². The minimum absolute atomic E-state index is 0.0446. The molecule has 0 radical (unpaired) electrons. The molecule has 3 saturated heterocycles. The lowest BCUT2D eigenvalue weighted by Gasteiger charge is -2.45. The number of nitrogens with one attached hydrogen (secondary N) is 2. The Kier molecular flexibility index (Phi) is 9.61. The second kappa shape index (κ2) is 13.7. The lowest BCUT2D eigenvalue weighted by molar-refractivity contribution is -0.134. The van der Waals surface area contributed by atoms with Crippen LogP contribution in [0.3, 0.4) is 0 Å². The van der Waals surface area contributed by atoms with E-state index in [0.29, 0.717) is 56.7 Å². The van der Waals surface area contributed by atoms with Crippen LogP contribution < -0.4 is 15.4 Å². The van der Waals surface area contributed by atoms with Crippen molar-refractivity contribution in [1.29, 1.82) is 0 Å². The number of hydrogen-bond acceptors (Lipinski definition) is 7. The number of nitrogens with zero attached hydrogens (tertiary/aromatic N) is 2. The number of piperazine rings is 1. The number of amides is 3. The Balaban J connectivity index is 1.22. The molecule has 230 valence electrons. The van der Waals surface area contributed by atoms with Gasteiger partial charge >= 0.3 is 0 Å². The van der Waals surface area contributed by atoms with Gasteiger partial charge in [-0.3, -0.25) is 19.3 Å². The van der Waals surface area contributed by atoms with Gasteiger partial charge in [-0.25, -0.2) is 0 Å². The molecule has 10 nitrogen and oxygen atoms in total. The fourth-order valence-electron chi connectivity index (χ4n) is 7.38. The van der Waals surface area contributed by atoms with E-state index in [0.717, 1.165) is 45.1 Å². The van der Waals surface area contributed by atoms with Gasteiger partial charge < -0.3 is 29.7 Å². The summed E-state index contributed by atoms with van der Waals surface area (Å²) in [6.45, 7) is 3.70. The molecule has 5 aliphatic rings. The summed E-state index contributed by atoms with van der Waals surface area (Å²) in [5.41, 5.74) is 0.497. The molecule has 42 heavy (non-hydrogen) atoms. The van der Waals surface area contributed by atoms with Gasteiger partial charge in [0.05, 0.1) is 30.4 Å². The van der Waals surface area contributed by atoms with Crippen LogP contribution in [0, 0.1) is 5.92 Å². The van der Waals surface area contributed by atoms with Crippen LogP contribution in [0.15, 0.2) is 24.3 Å². The number of para-hydroxylation sites is 1. The molecular formula is C32H46N4O6. The van der Waals surface area contributed by atoms with Crippen LogP contribution in [-0.2, 0) is 19.1 Å². The smallest absolute Gasteiger partial charge is 0.258 e. The standard InChI is InChI=1S/C32H46N4O6/c37-30(22-12-17-40-18-13-22)34-26-11-10-24-14-19-41-28-9-5-4-8-25(28)32(39)36-16-15-35(23-6-2-1-3-7-23)21-27(36)31(38)33-20-29(26)42-24/h4-5,8-9,22-24,26-27,29H,1-3,6-7,10-21H2,(H,33,38)(H,34,37)/t24-,26+,27-,29+/m0/s1. The molecule has 4 aliphatic heterocycles. The third kappa shape index (κ3) is 6.76. The molecule has 0 aromatic heterocycles. The highest BCUT2D eigenvalue weighted by molar-refractivity contribution is 6.00. The van der Waals surface area contributed by atoms with Crippen LogP contribution in [0.5, 0.6) is 5.75 Å². The van der Waals surface area contributed by atoms with Crippen molar-refractivity contribution in [3.63, 3.8) is 0 Å². The SMILES string of the molecule is O=C(N[C@@H]1CC[C@H]2CCOc3ccccc3C(=O)N3CCN(C4CCCCC4)C[C@H]3C(=O)NC[C@H]1O2)C1CCOCC1. The van der Waals surface area contributed by atoms with Gasteiger partial charge in [0.25, 0.3) is 5.91 Å². The molecule has 1 aromatic carbocycles. The van der Waals surface area contributed by atoms with Gasteiger partial charge in [0.2, 0.25) is 11.8 Å². The third-order valence-electron chi connectivity index (χ3n) is 9.89. The predicted molar refractivity (Wildman–Crippen MR) is 156 cm³/mol. The summed E-state index contributed by atoms with van der Waals surface area (Å²) in [5.74, 6) is 0.208. The molecular weight excluding hydrogens is 536 g/mol. The molecule has 1 aromatic rings. The van der Waals surface area contributed by atoms with E-state index in [1.54, 1.807) is 11.0 Å². The van der Waals surface area contributed by atoms with Gasteiger partial charge in [-0.1, -0.05) is 31.4 Å². The van der Waals surface area contributed by atoms with Gasteiger partial charge in [0.15, 0.2) is 0 Å². The van der Waals surface area contributed by atoms with E-state index in [-0.39, 0.29) is 48.4 Å². The Bertz CT molecular complexity index is 1100. The van der Waals surface area contributed by atoms with E-state index in [2.05, 4.69) is 15.5 Å². The summed E-state index contributed by atoms with van der Waals surface area (Å²) in [6.07, 6.45) is 9.27.